The fraction of sp³-hybridized carbons (Fsp3) is 0.294. The van der Waals surface area contributed by atoms with Crippen LogP contribution in [-0.2, 0) is 0 Å². The standard InChI is InChI=1S/C17H17BrN2O2S/c18-13-6-4-11(5-7-13)15(10-2-1-3-10)20-17(22)14-8-12(9-23-14)16(19)21/h4-10,15H,1-3H2,(H2,19,21)(H,20,22)/t15-/m1/s1. The molecule has 2 aromatic rings. The Kier molecular flexibility index (Phi) is 4.82. The van der Waals surface area contributed by atoms with Crippen LogP contribution >= 0.6 is 27.3 Å². The van der Waals surface area contributed by atoms with Crippen LogP contribution in [0.2, 0.25) is 0 Å². The largest absolute Gasteiger partial charge is 0.366 e. The number of carbonyl (C=O) groups excluding carboxylic acids is 2. The molecule has 120 valence electrons. The first-order valence-corrected chi connectivity index (χ1v) is 9.16. The molecule has 1 heterocycles. The van der Waals surface area contributed by atoms with Crippen LogP contribution < -0.4 is 11.1 Å². The molecular weight excluding hydrogens is 376 g/mol. The summed E-state index contributed by atoms with van der Waals surface area (Å²) in [6, 6.07) is 9.62. The number of hydrogen-bond donors (Lipinski definition) is 2. The molecule has 2 amide bonds. The zero-order valence-corrected chi connectivity index (χ0v) is 14.8. The highest BCUT2D eigenvalue weighted by atomic mass is 79.9. The second-order valence-corrected chi connectivity index (χ2v) is 7.58. The van der Waals surface area contributed by atoms with Crippen LogP contribution in [0.25, 0.3) is 0 Å². The van der Waals surface area contributed by atoms with E-state index >= 15 is 0 Å². The first-order chi connectivity index (χ1) is 11.0. The molecule has 1 aromatic heterocycles. The third-order valence-electron chi connectivity index (χ3n) is 4.24. The Morgan fingerprint density at radius 1 is 1.26 bits per heavy atom. The minimum absolute atomic E-state index is 0.00322. The SMILES string of the molecule is NC(=O)c1csc(C(=O)N[C@@H](c2ccc(Br)cc2)C2CCC2)c1. The molecular formula is C17H17BrN2O2S. The summed E-state index contributed by atoms with van der Waals surface area (Å²) in [7, 11) is 0. The van der Waals surface area contributed by atoms with Crippen molar-refractivity contribution >= 4 is 39.1 Å². The number of nitrogens with one attached hydrogen (secondary N) is 1. The third kappa shape index (κ3) is 3.64. The second-order valence-electron chi connectivity index (χ2n) is 5.76. The maximum absolute atomic E-state index is 12.5. The Hall–Kier alpha value is -1.66. The van der Waals surface area contributed by atoms with Crippen LogP contribution in [-0.4, -0.2) is 11.8 Å². The normalized spacial score (nSPS) is 15.7. The minimum Gasteiger partial charge on any atom is -0.366 e. The Bertz CT molecular complexity index is 722. The Balaban J connectivity index is 1.78. The van der Waals surface area contributed by atoms with Crippen molar-refractivity contribution in [1.29, 1.82) is 0 Å². The van der Waals surface area contributed by atoms with E-state index in [1.54, 1.807) is 11.4 Å². The fourth-order valence-corrected chi connectivity index (χ4v) is 3.78. The summed E-state index contributed by atoms with van der Waals surface area (Å²) >= 11 is 4.68. The fourth-order valence-electron chi connectivity index (χ4n) is 2.71. The Morgan fingerprint density at radius 2 is 1.96 bits per heavy atom. The van der Waals surface area contributed by atoms with Gasteiger partial charge in [-0.1, -0.05) is 34.5 Å². The van der Waals surface area contributed by atoms with Crippen LogP contribution in [0.5, 0.6) is 0 Å². The van der Waals surface area contributed by atoms with Gasteiger partial charge in [0.15, 0.2) is 0 Å². The molecule has 0 aliphatic heterocycles. The predicted octanol–water partition coefficient (Wildman–Crippen LogP) is 3.88. The van der Waals surface area contributed by atoms with Crippen molar-refractivity contribution in [2.75, 3.05) is 0 Å². The molecule has 3 N–H and O–H groups in total. The maximum atomic E-state index is 12.5. The van der Waals surface area contributed by atoms with E-state index in [1.807, 2.05) is 24.3 Å². The average molecular weight is 393 g/mol. The molecule has 1 saturated carbocycles. The number of carbonyl (C=O) groups is 2. The van der Waals surface area contributed by atoms with Crippen LogP contribution in [0.1, 0.15) is 50.9 Å². The molecule has 3 rings (SSSR count). The molecule has 1 fully saturated rings. The molecule has 1 aromatic carbocycles. The average Bonchev–Trinajstić information content (AvgIpc) is 2.95. The molecule has 0 bridgehead atoms. The monoisotopic (exact) mass is 392 g/mol. The minimum atomic E-state index is -0.510. The molecule has 4 nitrogen and oxygen atoms in total. The van der Waals surface area contributed by atoms with E-state index in [-0.39, 0.29) is 11.9 Å². The molecule has 0 spiro atoms. The van der Waals surface area contributed by atoms with Gasteiger partial charge in [0.2, 0.25) is 5.91 Å². The van der Waals surface area contributed by atoms with Crippen LogP contribution in [0.4, 0.5) is 0 Å². The first kappa shape index (κ1) is 16.2. The highest BCUT2D eigenvalue weighted by molar-refractivity contribution is 9.10. The van der Waals surface area contributed by atoms with Gasteiger partial charge in [-0.05, 0) is 42.5 Å². The Labute approximate surface area is 147 Å². The summed E-state index contributed by atoms with van der Waals surface area (Å²) in [6.45, 7) is 0. The van der Waals surface area contributed by atoms with E-state index in [0.717, 1.165) is 22.9 Å². The number of nitrogens with two attached hydrogens (primary N) is 1. The van der Waals surface area contributed by atoms with Gasteiger partial charge < -0.3 is 11.1 Å². The van der Waals surface area contributed by atoms with E-state index in [4.69, 9.17) is 5.73 Å². The van der Waals surface area contributed by atoms with Crippen molar-refractivity contribution in [3.63, 3.8) is 0 Å². The summed E-state index contributed by atoms with van der Waals surface area (Å²) in [5.74, 6) is -0.193. The summed E-state index contributed by atoms with van der Waals surface area (Å²) in [4.78, 5) is 24.2. The summed E-state index contributed by atoms with van der Waals surface area (Å²) in [5.41, 5.74) is 6.73. The number of halogens is 1. The van der Waals surface area contributed by atoms with Crippen molar-refractivity contribution in [3.05, 3.63) is 56.2 Å². The number of thiophene rings is 1. The van der Waals surface area contributed by atoms with Crippen molar-refractivity contribution in [3.8, 4) is 0 Å². The number of hydrogen-bond acceptors (Lipinski definition) is 3. The number of benzene rings is 1. The quantitative estimate of drug-likeness (QED) is 0.809. The molecule has 0 radical (unpaired) electrons. The van der Waals surface area contributed by atoms with Gasteiger partial charge in [-0.25, -0.2) is 0 Å². The lowest BCUT2D eigenvalue weighted by molar-refractivity contribution is 0.0905. The number of amides is 2. The molecule has 1 atom stereocenters. The molecule has 0 saturated heterocycles. The van der Waals surface area contributed by atoms with E-state index in [9.17, 15) is 9.59 Å². The smallest absolute Gasteiger partial charge is 0.261 e. The van der Waals surface area contributed by atoms with E-state index in [0.29, 0.717) is 16.4 Å². The Morgan fingerprint density at radius 3 is 2.48 bits per heavy atom. The number of rotatable bonds is 5. The van der Waals surface area contributed by atoms with Gasteiger partial charge in [0.1, 0.15) is 0 Å². The van der Waals surface area contributed by atoms with E-state index < -0.39 is 5.91 Å². The highest BCUT2D eigenvalue weighted by Gasteiger charge is 2.30. The number of primary amides is 1. The van der Waals surface area contributed by atoms with Crippen LogP contribution in [0, 0.1) is 5.92 Å². The predicted molar refractivity (Wildman–Crippen MR) is 94.5 cm³/mol. The van der Waals surface area contributed by atoms with Gasteiger partial charge in [0.25, 0.3) is 5.91 Å². The molecule has 6 heteroatoms. The lowest BCUT2D eigenvalue weighted by Gasteiger charge is -2.34. The van der Waals surface area contributed by atoms with E-state index in [2.05, 4.69) is 21.2 Å². The lowest BCUT2D eigenvalue weighted by Crippen LogP contribution is -2.36. The summed E-state index contributed by atoms with van der Waals surface area (Å²) in [5, 5.41) is 4.75. The zero-order chi connectivity index (χ0) is 16.4. The van der Waals surface area contributed by atoms with Crippen molar-refractivity contribution < 1.29 is 9.59 Å². The van der Waals surface area contributed by atoms with Crippen molar-refractivity contribution in [2.24, 2.45) is 11.7 Å². The molecule has 23 heavy (non-hydrogen) atoms. The highest BCUT2D eigenvalue weighted by Crippen LogP contribution is 2.38. The molecule has 1 aliphatic rings. The van der Waals surface area contributed by atoms with Gasteiger partial charge in [0.05, 0.1) is 16.5 Å². The molecule has 1 aliphatic carbocycles. The summed E-state index contributed by atoms with van der Waals surface area (Å²) < 4.78 is 1.02. The van der Waals surface area contributed by atoms with Crippen LogP contribution in [0.3, 0.4) is 0 Å². The first-order valence-electron chi connectivity index (χ1n) is 7.49. The summed E-state index contributed by atoms with van der Waals surface area (Å²) in [6.07, 6.45) is 3.45. The van der Waals surface area contributed by atoms with Crippen molar-refractivity contribution in [2.45, 2.75) is 25.3 Å². The van der Waals surface area contributed by atoms with Crippen molar-refractivity contribution in [1.82, 2.24) is 5.32 Å². The molecule has 0 unspecified atom stereocenters. The lowest BCUT2D eigenvalue weighted by atomic mass is 9.77. The zero-order valence-electron chi connectivity index (χ0n) is 12.4. The van der Waals surface area contributed by atoms with Gasteiger partial charge >= 0.3 is 0 Å². The maximum Gasteiger partial charge on any atom is 0.261 e. The van der Waals surface area contributed by atoms with Gasteiger partial charge in [-0.3, -0.25) is 9.59 Å². The van der Waals surface area contributed by atoms with Gasteiger partial charge in [0, 0.05) is 9.85 Å². The third-order valence-corrected chi connectivity index (χ3v) is 5.70. The van der Waals surface area contributed by atoms with Gasteiger partial charge in [-0.15, -0.1) is 11.3 Å². The van der Waals surface area contributed by atoms with E-state index in [1.165, 1.54) is 17.8 Å². The topological polar surface area (TPSA) is 72.2 Å². The van der Waals surface area contributed by atoms with Crippen LogP contribution in [0.15, 0.2) is 40.2 Å². The van der Waals surface area contributed by atoms with Gasteiger partial charge in [-0.2, -0.15) is 0 Å². The second kappa shape index (κ2) is 6.84.